The smallest absolute Gasteiger partial charge is 0.307 e. The first-order valence-electron chi connectivity index (χ1n) is 5.74. The summed E-state index contributed by atoms with van der Waals surface area (Å²) in [6.07, 6.45) is 7.45. The summed E-state index contributed by atoms with van der Waals surface area (Å²) in [5.74, 6) is -0.708. The number of carbonyl (C=O) groups is 1. The highest BCUT2D eigenvalue weighted by atomic mass is 35.5. The molecule has 0 aromatic heterocycles. The Hall–Kier alpha value is -0.280. The Morgan fingerprint density at radius 2 is 1.80 bits per heavy atom. The van der Waals surface area contributed by atoms with Crippen molar-refractivity contribution in [1.29, 1.82) is 0 Å². The van der Waals surface area contributed by atoms with Crippen LogP contribution in [0.25, 0.3) is 0 Å². The van der Waals surface area contributed by atoms with E-state index in [1.807, 2.05) is 0 Å². The second-order valence-electron chi connectivity index (χ2n) is 4.61. The molecule has 2 aliphatic rings. The van der Waals surface area contributed by atoms with Gasteiger partial charge in [0.1, 0.15) is 0 Å². The molecule has 4 heteroatoms. The maximum Gasteiger partial charge on any atom is 0.307 e. The second-order valence-corrected chi connectivity index (χ2v) is 4.61. The first-order valence-corrected chi connectivity index (χ1v) is 5.74. The molecule has 0 amide bonds. The van der Waals surface area contributed by atoms with Gasteiger partial charge in [-0.05, 0) is 25.8 Å². The molecule has 0 bridgehead atoms. The molecule has 2 rings (SSSR count). The molecule has 1 aliphatic heterocycles. The van der Waals surface area contributed by atoms with Gasteiger partial charge in [0.2, 0.25) is 0 Å². The Balaban J connectivity index is 0.00000112. The van der Waals surface area contributed by atoms with Crippen molar-refractivity contribution in [3.8, 4) is 0 Å². The molecule has 0 spiro atoms. The highest BCUT2D eigenvalue weighted by Gasteiger charge is 2.32. The van der Waals surface area contributed by atoms with Gasteiger partial charge < -0.3 is 5.11 Å². The van der Waals surface area contributed by atoms with Gasteiger partial charge >= 0.3 is 5.97 Å². The van der Waals surface area contributed by atoms with Gasteiger partial charge in [0.05, 0.1) is 5.92 Å². The van der Waals surface area contributed by atoms with E-state index in [-0.39, 0.29) is 18.3 Å². The van der Waals surface area contributed by atoms with Crippen LogP contribution in [0.2, 0.25) is 0 Å². The lowest BCUT2D eigenvalue weighted by atomic mass is 9.94. The van der Waals surface area contributed by atoms with Gasteiger partial charge in [-0.2, -0.15) is 0 Å². The Morgan fingerprint density at radius 3 is 2.33 bits per heavy atom. The molecule has 1 aliphatic carbocycles. The summed E-state index contributed by atoms with van der Waals surface area (Å²) in [4.78, 5) is 13.2. The number of nitrogens with zero attached hydrogens (tertiary/aromatic N) is 1. The Bertz CT molecular complexity index is 217. The third-order valence-electron chi connectivity index (χ3n) is 3.66. The number of likely N-dealkylation sites (tertiary alicyclic amines) is 1. The van der Waals surface area contributed by atoms with Crippen LogP contribution in [0.4, 0.5) is 0 Å². The van der Waals surface area contributed by atoms with Crippen molar-refractivity contribution in [3.05, 3.63) is 0 Å². The SMILES string of the molecule is Cl.O=C(O)C1CCN(C2CCCCC2)C1. The van der Waals surface area contributed by atoms with E-state index < -0.39 is 5.97 Å². The summed E-state index contributed by atoms with van der Waals surface area (Å²) in [7, 11) is 0. The fraction of sp³-hybridized carbons (Fsp3) is 0.909. The van der Waals surface area contributed by atoms with Gasteiger partial charge in [-0.3, -0.25) is 9.69 Å². The third-order valence-corrected chi connectivity index (χ3v) is 3.66. The number of carboxylic acids is 1. The number of hydrogen-bond donors (Lipinski definition) is 1. The van der Waals surface area contributed by atoms with Gasteiger partial charge in [0.15, 0.2) is 0 Å². The molecule has 1 saturated carbocycles. The first-order chi connectivity index (χ1) is 6.77. The molecule has 1 atom stereocenters. The average Bonchev–Trinajstić information content (AvgIpc) is 2.68. The minimum Gasteiger partial charge on any atom is -0.481 e. The summed E-state index contributed by atoms with van der Waals surface area (Å²) < 4.78 is 0. The molecule has 1 heterocycles. The molecule has 1 saturated heterocycles. The molecule has 1 N–H and O–H groups in total. The summed E-state index contributed by atoms with van der Waals surface area (Å²) in [5.41, 5.74) is 0. The van der Waals surface area contributed by atoms with Crippen molar-refractivity contribution in [1.82, 2.24) is 4.90 Å². The standard InChI is InChI=1S/C11H19NO2.ClH/c13-11(14)9-6-7-12(8-9)10-4-2-1-3-5-10;/h9-10H,1-8H2,(H,13,14);1H. The summed E-state index contributed by atoms with van der Waals surface area (Å²) in [6.45, 7) is 1.79. The highest BCUT2D eigenvalue weighted by Crippen LogP contribution is 2.27. The molecule has 0 aromatic rings. The van der Waals surface area contributed by atoms with Crippen LogP contribution in [0.5, 0.6) is 0 Å². The topological polar surface area (TPSA) is 40.5 Å². The Kier molecular flexibility index (Phi) is 4.87. The van der Waals surface area contributed by atoms with E-state index >= 15 is 0 Å². The third kappa shape index (κ3) is 3.08. The predicted molar refractivity (Wildman–Crippen MR) is 61.4 cm³/mol. The van der Waals surface area contributed by atoms with Crippen molar-refractivity contribution < 1.29 is 9.90 Å². The lowest BCUT2D eigenvalue weighted by Gasteiger charge is -2.30. The fourth-order valence-corrected chi connectivity index (χ4v) is 2.77. The zero-order valence-electron chi connectivity index (χ0n) is 9.02. The average molecular weight is 234 g/mol. The van der Waals surface area contributed by atoms with E-state index in [4.69, 9.17) is 5.11 Å². The maximum absolute atomic E-state index is 10.8. The van der Waals surface area contributed by atoms with Gasteiger partial charge in [-0.15, -0.1) is 12.4 Å². The molecular formula is C11H20ClNO2. The van der Waals surface area contributed by atoms with E-state index in [0.29, 0.717) is 6.04 Å². The molecular weight excluding hydrogens is 214 g/mol. The zero-order valence-corrected chi connectivity index (χ0v) is 9.84. The lowest BCUT2D eigenvalue weighted by Crippen LogP contribution is -2.35. The quantitative estimate of drug-likeness (QED) is 0.795. The fourth-order valence-electron chi connectivity index (χ4n) is 2.77. The largest absolute Gasteiger partial charge is 0.481 e. The summed E-state index contributed by atoms with van der Waals surface area (Å²) >= 11 is 0. The van der Waals surface area contributed by atoms with Crippen molar-refractivity contribution in [2.24, 2.45) is 5.92 Å². The number of hydrogen-bond acceptors (Lipinski definition) is 2. The van der Waals surface area contributed by atoms with E-state index in [1.54, 1.807) is 0 Å². The number of halogens is 1. The van der Waals surface area contributed by atoms with Gasteiger partial charge in [0, 0.05) is 12.6 Å². The van der Waals surface area contributed by atoms with Gasteiger partial charge in [-0.25, -0.2) is 0 Å². The number of rotatable bonds is 2. The van der Waals surface area contributed by atoms with Crippen molar-refractivity contribution in [2.45, 2.75) is 44.6 Å². The number of aliphatic carboxylic acids is 1. The van der Waals surface area contributed by atoms with Crippen LogP contribution in [0.15, 0.2) is 0 Å². The summed E-state index contributed by atoms with van der Waals surface area (Å²) in [5, 5.41) is 8.90. The first kappa shape index (κ1) is 12.8. The van der Waals surface area contributed by atoms with Crippen LogP contribution in [0.1, 0.15) is 38.5 Å². The van der Waals surface area contributed by atoms with Gasteiger partial charge in [0.25, 0.3) is 0 Å². The highest BCUT2D eigenvalue weighted by molar-refractivity contribution is 5.85. The number of carboxylic acid groups (broad SMARTS) is 1. The zero-order chi connectivity index (χ0) is 9.97. The molecule has 0 radical (unpaired) electrons. The molecule has 1 unspecified atom stereocenters. The molecule has 15 heavy (non-hydrogen) atoms. The van der Waals surface area contributed by atoms with Crippen molar-refractivity contribution in [3.63, 3.8) is 0 Å². The lowest BCUT2D eigenvalue weighted by molar-refractivity contribution is -0.141. The van der Waals surface area contributed by atoms with E-state index in [9.17, 15) is 4.79 Å². The monoisotopic (exact) mass is 233 g/mol. The van der Waals surface area contributed by atoms with Crippen LogP contribution in [0, 0.1) is 5.92 Å². The van der Waals surface area contributed by atoms with E-state index in [0.717, 1.165) is 19.5 Å². The maximum atomic E-state index is 10.8. The van der Waals surface area contributed by atoms with Crippen molar-refractivity contribution in [2.75, 3.05) is 13.1 Å². The van der Waals surface area contributed by atoms with E-state index in [2.05, 4.69) is 4.90 Å². The summed E-state index contributed by atoms with van der Waals surface area (Å²) in [6, 6.07) is 0.688. The van der Waals surface area contributed by atoms with Crippen LogP contribution in [-0.4, -0.2) is 35.1 Å². The van der Waals surface area contributed by atoms with Crippen LogP contribution in [0.3, 0.4) is 0 Å². The normalized spacial score (nSPS) is 28.7. The van der Waals surface area contributed by atoms with Crippen LogP contribution < -0.4 is 0 Å². The molecule has 3 nitrogen and oxygen atoms in total. The molecule has 88 valence electrons. The van der Waals surface area contributed by atoms with Crippen LogP contribution in [-0.2, 0) is 4.79 Å². The Labute approximate surface area is 97.2 Å². The second kappa shape index (κ2) is 5.71. The predicted octanol–water partition coefficient (Wildman–Crippen LogP) is 2.15. The Morgan fingerprint density at radius 1 is 1.13 bits per heavy atom. The van der Waals surface area contributed by atoms with E-state index in [1.165, 1.54) is 32.1 Å². The minimum atomic E-state index is -0.608. The molecule has 2 fully saturated rings. The minimum absolute atomic E-state index is 0. The van der Waals surface area contributed by atoms with Gasteiger partial charge in [-0.1, -0.05) is 19.3 Å². The molecule has 0 aromatic carbocycles. The van der Waals surface area contributed by atoms with Crippen molar-refractivity contribution >= 4 is 18.4 Å². The van der Waals surface area contributed by atoms with Crippen LogP contribution >= 0.6 is 12.4 Å².